The molecule has 0 bridgehead atoms. The third kappa shape index (κ3) is 3.41. The van der Waals surface area contributed by atoms with E-state index in [2.05, 4.69) is 23.1 Å². The predicted octanol–water partition coefficient (Wildman–Crippen LogP) is 1.87. The molecule has 0 aliphatic carbocycles. The van der Waals surface area contributed by atoms with Gasteiger partial charge in [0.15, 0.2) is 0 Å². The summed E-state index contributed by atoms with van der Waals surface area (Å²) >= 11 is 0. The van der Waals surface area contributed by atoms with Gasteiger partial charge in [-0.2, -0.15) is 0 Å². The largest absolute Gasteiger partial charge is 0.337 e. The lowest BCUT2D eigenvalue weighted by atomic mass is 10.1. The van der Waals surface area contributed by atoms with E-state index in [4.69, 9.17) is 6.42 Å². The van der Waals surface area contributed by atoms with Gasteiger partial charge in [0.25, 0.3) is 0 Å². The number of nitrogens with one attached hydrogen (secondary N) is 1. The maximum atomic E-state index is 5.29. The SMILES string of the molecule is C#CCCC(NCCC)c1nccn1C. The summed E-state index contributed by atoms with van der Waals surface area (Å²) < 4.78 is 2.05. The van der Waals surface area contributed by atoms with Crippen molar-refractivity contribution in [3.63, 3.8) is 0 Å². The van der Waals surface area contributed by atoms with Gasteiger partial charge in [-0.05, 0) is 19.4 Å². The number of rotatable bonds is 6. The molecule has 1 unspecified atom stereocenters. The minimum atomic E-state index is 0.279. The van der Waals surface area contributed by atoms with Gasteiger partial charge < -0.3 is 9.88 Å². The van der Waals surface area contributed by atoms with E-state index in [1.165, 1.54) is 0 Å². The third-order valence-corrected chi connectivity index (χ3v) is 2.39. The molecule has 1 aromatic rings. The molecule has 0 saturated carbocycles. The number of aryl methyl sites for hydroxylation is 1. The molecule has 15 heavy (non-hydrogen) atoms. The van der Waals surface area contributed by atoms with Crippen LogP contribution in [0, 0.1) is 12.3 Å². The summed E-state index contributed by atoms with van der Waals surface area (Å²) in [4.78, 5) is 4.35. The van der Waals surface area contributed by atoms with Crippen LogP contribution in [0.25, 0.3) is 0 Å². The molecule has 0 aliphatic heterocycles. The molecule has 0 amide bonds. The highest BCUT2D eigenvalue weighted by Gasteiger charge is 2.13. The Labute approximate surface area is 91.9 Å². The highest BCUT2D eigenvalue weighted by Crippen LogP contribution is 2.15. The molecule has 1 atom stereocenters. The first-order valence-electron chi connectivity index (χ1n) is 5.43. The predicted molar refractivity (Wildman–Crippen MR) is 62.3 cm³/mol. The number of hydrogen-bond acceptors (Lipinski definition) is 2. The van der Waals surface area contributed by atoms with Crippen LogP contribution < -0.4 is 5.32 Å². The van der Waals surface area contributed by atoms with E-state index in [0.29, 0.717) is 0 Å². The van der Waals surface area contributed by atoms with Gasteiger partial charge in [0.05, 0.1) is 6.04 Å². The summed E-state index contributed by atoms with van der Waals surface area (Å²) in [6, 6.07) is 0.279. The van der Waals surface area contributed by atoms with Crippen LogP contribution in [0.5, 0.6) is 0 Å². The molecule has 1 heterocycles. The van der Waals surface area contributed by atoms with Crippen molar-refractivity contribution in [2.24, 2.45) is 7.05 Å². The first-order chi connectivity index (χ1) is 7.29. The van der Waals surface area contributed by atoms with Crippen LogP contribution in [0.3, 0.4) is 0 Å². The second-order valence-electron chi connectivity index (χ2n) is 3.65. The Hall–Kier alpha value is -1.27. The Balaban J connectivity index is 2.63. The molecule has 0 radical (unpaired) electrons. The lowest BCUT2D eigenvalue weighted by molar-refractivity contribution is 0.471. The summed E-state index contributed by atoms with van der Waals surface area (Å²) in [6.45, 7) is 3.16. The summed E-state index contributed by atoms with van der Waals surface area (Å²) in [5, 5.41) is 3.47. The van der Waals surface area contributed by atoms with Gasteiger partial charge in [0.2, 0.25) is 0 Å². The van der Waals surface area contributed by atoms with Crippen LogP contribution >= 0.6 is 0 Å². The topological polar surface area (TPSA) is 29.9 Å². The molecule has 0 spiro atoms. The molecule has 82 valence electrons. The average Bonchev–Trinajstić information content (AvgIpc) is 2.65. The zero-order valence-corrected chi connectivity index (χ0v) is 9.53. The van der Waals surface area contributed by atoms with E-state index in [1.807, 2.05) is 24.0 Å². The second kappa shape index (κ2) is 6.26. The van der Waals surface area contributed by atoms with Crippen molar-refractivity contribution in [2.45, 2.75) is 32.2 Å². The van der Waals surface area contributed by atoms with E-state index >= 15 is 0 Å². The minimum absolute atomic E-state index is 0.279. The Morgan fingerprint density at radius 2 is 2.47 bits per heavy atom. The van der Waals surface area contributed by atoms with Gasteiger partial charge in [0.1, 0.15) is 5.82 Å². The van der Waals surface area contributed by atoms with Gasteiger partial charge in [-0.15, -0.1) is 12.3 Å². The molecular weight excluding hydrogens is 186 g/mol. The maximum absolute atomic E-state index is 5.29. The zero-order chi connectivity index (χ0) is 11.1. The van der Waals surface area contributed by atoms with Crippen LogP contribution in [-0.2, 0) is 7.05 Å². The van der Waals surface area contributed by atoms with E-state index in [0.717, 1.165) is 31.6 Å². The summed E-state index contributed by atoms with van der Waals surface area (Å²) in [5.74, 6) is 3.75. The fourth-order valence-corrected chi connectivity index (χ4v) is 1.58. The highest BCUT2D eigenvalue weighted by atomic mass is 15.1. The fraction of sp³-hybridized carbons (Fsp3) is 0.583. The third-order valence-electron chi connectivity index (χ3n) is 2.39. The maximum Gasteiger partial charge on any atom is 0.125 e. The highest BCUT2D eigenvalue weighted by molar-refractivity contribution is 5.00. The molecule has 0 fully saturated rings. The molecule has 1 N–H and O–H groups in total. The molecule has 3 nitrogen and oxygen atoms in total. The summed E-state index contributed by atoms with van der Waals surface area (Å²) in [5.41, 5.74) is 0. The summed E-state index contributed by atoms with van der Waals surface area (Å²) in [6.07, 6.45) is 11.9. The van der Waals surface area contributed by atoms with Crippen molar-refractivity contribution in [1.82, 2.24) is 14.9 Å². The molecular formula is C12H19N3. The van der Waals surface area contributed by atoms with Crippen molar-refractivity contribution in [3.05, 3.63) is 18.2 Å². The van der Waals surface area contributed by atoms with E-state index in [1.54, 1.807) is 0 Å². The standard InChI is InChI=1S/C12H19N3/c1-4-6-7-11(13-8-5-2)12-14-9-10-15(12)3/h1,9-11,13H,5-8H2,2-3H3. The smallest absolute Gasteiger partial charge is 0.125 e. The Morgan fingerprint density at radius 3 is 3.00 bits per heavy atom. The first kappa shape index (κ1) is 11.8. The zero-order valence-electron chi connectivity index (χ0n) is 9.53. The molecule has 1 aromatic heterocycles. The second-order valence-corrected chi connectivity index (χ2v) is 3.65. The van der Waals surface area contributed by atoms with E-state index in [-0.39, 0.29) is 6.04 Å². The first-order valence-corrected chi connectivity index (χ1v) is 5.43. The Bertz CT molecular complexity index is 322. The summed E-state index contributed by atoms with van der Waals surface area (Å²) in [7, 11) is 2.01. The van der Waals surface area contributed by atoms with Crippen molar-refractivity contribution >= 4 is 0 Å². The number of imidazole rings is 1. The van der Waals surface area contributed by atoms with Crippen molar-refractivity contribution < 1.29 is 0 Å². The number of hydrogen-bond donors (Lipinski definition) is 1. The van der Waals surface area contributed by atoms with Gasteiger partial charge >= 0.3 is 0 Å². The lowest BCUT2D eigenvalue weighted by Crippen LogP contribution is -2.24. The van der Waals surface area contributed by atoms with Gasteiger partial charge in [-0.3, -0.25) is 0 Å². The van der Waals surface area contributed by atoms with Gasteiger partial charge in [-0.1, -0.05) is 6.92 Å². The van der Waals surface area contributed by atoms with E-state index < -0.39 is 0 Å². The van der Waals surface area contributed by atoms with Crippen LogP contribution in [0.4, 0.5) is 0 Å². The average molecular weight is 205 g/mol. The number of aromatic nitrogens is 2. The molecule has 0 saturated heterocycles. The fourth-order valence-electron chi connectivity index (χ4n) is 1.58. The van der Waals surface area contributed by atoms with Crippen molar-refractivity contribution in [1.29, 1.82) is 0 Å². The van der Waals surface area contributed by atoms with Gasteiger partial charge in [0, 0.05) is 25.9 Å². The van der Waals surface area contributed by atoms with Gasteiger partial charge in [-0.25, -0.2) is 4.98 Å². The van der Waals surface area contributed by atoms with Crippen molar-refractivity contribution in [2.75, 3.05) is 6.54 Å². The molecule has 0 aromatic carbocycles. The molecule has 3 heteroatoms. The number of nitrogens with zero attached hydrogens (tertiary/aromatic N) is 2. The molecule has 1 rings (SSSR count). The minimum Gasteiger partial charge on any atom is -0.337 e. The quantitative estimate of drug-likeness (QED) is 0.719. The van der Waals surface area contributed by atoms with Crippen LogP contribution in [0.15, 0.2) is 12.4 Å². The Kier molecular flexibility index (Phi) is 4.92. The lowest BCUT2D eigenvalue weighted by Gasteiger charge is -2.17. The van der Waals surface area contributed by atoms with E-state index in [9.17, 15) is 0 Å². The normalized spacial score (nSPS) is 12.3. The van der Waals surface area contributed by atoms with Crippen LogP contribution in [0.1, 0.15) is 38.1 Å². The monoisotopic (exact) mass is 205 g/mol. The van der Waals surface area contributed by atoms with Crippen LogP contribution in [0.2, 0.25) is 0 Å². The molecule has 0 aliphatic rings. The Morgan fingerprint density at radius 1 is 1.67 bits per heavy atom. The number of terminal acetylenes is 1. The van der Waals surface area contributed by atoms with Crippen LogP contribution in [-0.4, -0.2) is 16.1 Å². The van der Waals surface area contributed by atoms with Crippen molar-refractivity contribution in [3.8, 4) is 12.3 Å².